The van der Waals surface area contributed by atoms with Gasteiger partial charge in [-0.05, 0) is 22.6 Å². The molecule has 1 amide bonds. The Hall–Kier alpha value is -0.310. The summed E-state index contributed by atoms with van der Waals surface area (Å²) in [6.07, 6.45) is -2.67. The Bertz CT molecular complexity index is 328. The van der Waals surface area contributed by atoms with Crippen LogP contribution in [0, 0.1) is 2.88 Å². The smallest absolute Gasteiger partial charge is 0.282 e. The summed E-state index contributed by atoms with van der Waals surface area (Å²) in [5, 5.41) is 0.340. The molecule has 72 valence electrons. The van der Waals surface area contributed by atoms with Gasteiger partial charge in [-0.25, -0.2) is 13.8 Å². The average Bonchev–Trinajstić information content (AvgIpc) is 2.29. The first-order valence-electron chi connectivity index (χ1n) is 3.22. The first-order chi connectivity index (χ1) is 6.00. The van der Waals surface area contributed by atoms with Gasteiger partial charge in [0.2, 0.25) is 5.91 Å². The summed E-state index contributed by atoms with van der Waals surface area (Å²) >= 11 is 2.83. The third-order valence-electron chi connectivity index (χ3n) is 1.19. The SMILES string of the molecule is NC(=O)Cc1nc(C(F)F)c(I)s1. The van der Waals surface area contributed by atoms with Gasteiger partial charge in [0.15, 0.2) is 0 Å². The molecule has 0 atom stereocenters. The number of thiazole rings is 1. The van der Waals surface area contributed by atoms with E-state index in [2.05, 4.69) is 4.98 Å². The van der Waals surface area contributed by atoms with Gasteiger partial charge in [0.05, 0.1) is 9.30 Å². The van der Waals surface area contributed by atoms with Crippen molar-refractivity contribution in [3.63, 3.8) is 0 Å². The lowest BCUT2D eigenvalue weighted by Crippen LogP contribution is -2.13. The van der Waals surface area contributed by atoms with Gasteiger partial charge >= 0.3 is 0 Å². The molecule has 0 saturated heterocycles. The third-order valence-corrected chi connectivity index (χ3v) is 3.26. The molecule has 1 aromatic heterocycles. The van der Waals surface area contributed by atoms with Crippen molar-refractivity contribution in [2.45, 2.75) is 12.8 Å². The van der Waals surface area contributed by atoms with Crippen molar-refractivity contribution in [1.29, 1.82) is 0 Å². The minimum atomic E-state index is -2.59. The highest BCUT2D eigenvalue weighted by atomic mass is 127. The number of rotatable bonds is 3. The van der Waals surface area contributed by atoms with Crippen LogP contribution in [0.4, 0.5) is 8.78 Å². The summed E-state index contributed by atoms with van der Waals surface area (Å²) in [5.74, 6) is -0.564. The van der Waals surface area contributed by atoms with Crippen LogP contribution in [0.3, 0.4) is 0 Å². The van der Waals surface area contributed by atoms with Gasteiger partial charge in [-0.1, -0.05) is 0 Å². The molecule has 1 rings (SSSR count). The second-order valence-corrected chi connectivity index (χ2v) is 5.10. The van der Waals surface area contributed by atoms with E-state index in [9.17, 15) is 13.6 Å². The molecule has 0 unspecified atom stereocenters. The van der Waals surface area contributed by atoms with E-state index >= 15 is 0 Å². The molecule has 2 N–H and O–H groups in total. The number of primary amides is 1. The van der Waals surface area contributed by atoms with Crippen molar-refractivity contribution < 1.29 is 13.6 Å². The molecule has 0 aliphatic heterocycles. The lowest BCUT2D eigenvalue weighted by atomic mass is 10.4. The van der Waals surface area contributed by atoms with Crippen LogP contribution in [0.15, 0.2) is 0 Å². The maximum Gasteiger partial charge on any atom is 0.282 e. The number of amides is 1. The predicted molar refractivity (Wildman–Crippen MR) is 52.7 cm³/mol. The van der Waals surface area contributed by atoms with Crippen LogP contribution in [0.25, 0.3) is 0 Å². The summed E-state index contributed by atoms with van der Waals surface area (Å²) < 4.78 is 24.8. The number of alkyl halides is 2. The van der Waals surface area contributed by atoms with Gasteiger partial charge in [-0.3, -0.25) is 4.79 Å². The van der Waals surface area contributed by atoms with Crippen molar-refractivity contribution in [3.05, 3.63) is 13.6 Å². The summed E-state index contributed by atoms with van der Waals surface area (Å²) in [4.78, 5) is 14.1. The maximum atomic E-state index is 12.2. The van der Waals surface area contributed by atoms with Crippen molar-refractivity contribution >= 4 is 39.8 Å². The van der Waals surface area contributed by atoms with E-state index in [0.717, 1.165) is 11.3 Å². The molecule has 0 spiro atoms. The van der Waals surface area contributed by atoms with Crippen molar-refractivity contribution in [3.8, 4) is 0 Å². The zero-order valence-electron chi connectivity index (χ0n) is 6.26. The molecule has 1 heterocycles. The lowest BCUT2D eigenvalue weighted by Gasteiger charge is -1.91. The number of hydrogen-bond acceptors (Lipinski definition) is 3. The Balaban J connectivity index is 2.88. The van der Waals surface area contributed by atoms with Crippen LogP contribution in [0.5, 0.6) is 0 Å². The van der Waals surface area contributed by atoms with Crippen LogP contribution in [0.1, 0.15) is 17.1 Å². The fraction of sp³-hybridized carbons (Fsp3) is 0.333. The Kier molecular flexibility index (Phi) is 3.54. The topological polar surface area (TPSA) is 56.0 Å². The molecule has 0 bridgehead atoms. The number of carbonyl (C=O) groups excluding carboxylic acids is 1. The molecular weight excluding hydrogens is 313 g/mol. The molecule has 0 aliphatic rings. The second-order valence-electron chi connectivity index (χ2n) is 2.21. The maximum absolute atomic E-state index is 12.2. The number of nitrogens with zero attached hydrogens (tertiary/aromatic N) is 1. The quantitative estimate of drug-likeness (QED) is 0.863. The van der Waals surface area contributed by atoms with Crippen LogP contribution in [0.2, 0.25) is 0 Å². The van der Waals surface area contributed by atoms with Crippen LogP contribution < -0.4 is 5.73 Å². The number of nitrogens with two attached hydrogens (primary N) is 1. The molecule has 0 aromatic carbocycles. The van der Waals surface area contributed by atoms with Crippen LogP contribution >= 0.6 is 33.9 Å². The van der Waals surface area contributed by atoms with Crippen molar-refractivity contribution in [2.75, 3.05) is 0 Å². The molecule has 0 radical (unpaired) electrons. The highest BCUT2D eigenvalue weighted by molar-refractivity contribution is 14.1. The molecule has 0 fully saturated rings. The molecule has 1 aromatic rings. The van der Waals surface area contributed by atoms with Gasteiger partial charge in [0.1, 0.15) is 10.7 Å². The number of halogens is 3. The van der Waals surface area contributed by atoms with E-state index in [1.807, 2.05) is 0 Å². The van der Waals surface area contributed by atoms with Gasteiger partial charge in [-0.2, -0.15) is 0 Å². The Morgan fingerprint density at radius 1 is 1.69 bits per heavy atom. The van der Waals surface area contributed by atoms with Gasteiger partial charge in [0.25, 0.3) is 6.43 Å². The van der Waals surface area contributed by atoms with E-state index in [4.69, 9.17) is 5.73 Å². The first kappa shape index (κ1) is 10.8. The van der Waals surface area contributed by atoms with E-state index in [1.54, 1.807) is 22.6 Å². The van der Waals surface area contributed by atoms with Crippen molar-refractivity contribution in [1.82, 2.24) is 4.98 Å². The monoisotopic (exact) mass is 318 g/mol. The molecular formula is C6H5F2IN2OS. The van der Waals surface area contributed by atoms with Gasteiger partial charge in [0, 0.05) is 0 Å². The Morgan fingerprint density at radius 3 is 2.69 bits per heavy atom. The zero-order valence-corrected chi connectivity index (χ0v) is 9.23. The largest absolute Gasteiger partial charge is 0.369 e. The predicted octanol–water partition coefficient (Wildman–Crippen LogP) is 1.71. The average molecular weight is 318 g/mol. The fourth-order valence-corrected chi connectivity index (χ4v) is 2.64. The molecule has 3 nitrogen and oxygen atoms in total. The minimum absolute atomic E-state index is 0.0760. The number of hydrogen-bond donors (Lipinski definition) is 1. The minimum Gasteiger partial charge on any atom is -0.369 e. The zero-order chi connectivity index (χ0) is 10.0. The molecule has 0 aliphatic carbocycles. The summed E-state index contributed by atoms with van der Waals surface area (Å²) in [6.45, 7) is 0. The number of aromatic nitrogens is 1. The normalized spacial score (nSPS) is 10.8. The third kappa shape index (κ3) is 2.83. The summed E-state index contributed by atoms with van der Waals surface area (Å²) in [5.41, 5.74) is 4.64. The summed E-state index contributed by atoms with van der Waals surface area (Å²) in [7, 11) is 0. The van der Waals surface area contributed by atoms with Crippen LogP contribution in [-0.4, -0.2) is 10.9 Å². The Morgan fingerprint density at radius 2 is 2.31 bits per heavy atom. The fourth-order valence-electron chi connectivity index (χ4n) is 0.716. The highest BCUT2D eigenvalue weighted by Crippen LogP contribution is 2.28. The highest BCUT2D eigenvalue weighted by Gasteiger charge is 2.18. The van der Waals surface area contributed by atoms with E-state index in [0.29, 0.717) is 7.89 Å². The second kappa shape index (κ2) is 4.27. The van der Waals surface area contributed by atoms with E-state index < -0.39 is 12.3 Å². The van der Waals surface area contributed by atoms with Crippen molar-refractivity contribution in [2.24, 2.45) is 5.73 Å². The van der Waals surface area contributed by atoms with E-state index in [1.165, 1.54) is 0 Å². The van der Waals surface area contributed by atoms with Gasteiger partial charge in [-0.15, -0.1) is 11.3 Å². The van der Waals surface area contributed by atoms with Crippen LogP contribution in [-0.2, 0) is 11.2 Å². The van der Waals surface area contributed by atoms with E-state index in [-0.39, 0.29) is 12.1 Å². The molecule has 0 saturated carbocycles. The first-order valence-corrected chi connectivity index (χ1v) is 5.11. The standard InChI is InChI=1S/C6H5F2IN2OS/c7-5(8)4-6(9)13-3(11-4)1-2(10)12/h5H,1H2,(H2,10,12). The molecule has 7 heteroatoms. The lowest BCUT2D eigenvalue weighted by molar-refractivity contribution is -0.117. The summed E-state index contributed by atoms with van der Waals surface area (Å²) in [6, 6.07) is 0. The number of carbonyl (C=O) groups is 1. The Labute approximate surface area is 90.5 Å². The molecule has 13 heavy (non-hydrogen) atoms. The van der Waals surface area contributed by atoms with Gasteiger partial charge < -0.3 is 5.73 Å².